The third kappa shape index (κ3) is 4.26. The Morgan fingerprint density at radius 1 is 1.39 bits per heavy atom. The molecule has 1 aromatic rings. The Kier molecular flexibility index (Phi) is 5.47. The summed E-state index contributed by atoms with van der Waals surface area (Å²) in [7, 11) is 0. The summed E-state index contributed by atoms with van der Waals surface area (Å²) in [4.78, 5) is 4.37. The summed E-state index contributed by atoms with van der Waals surface area (Å²) in [5.41, 5.74) is 0. The lowest BCUT2D eigenvalue weighted by Crippen LogP contribution is -2.27. The molecule has 0 unspecified atom stereocenters. The molecule has 3 nitrogen and oxygen atoms in total. The zero-order valence-electron chi connectivity index (χ0n) is 9.79. The molecule has 18 heavy (non-hydrogen) atoms. The monoisotopic (exact) mass is 304 g/mol. The zero-order valence-corrected chi connectivity index (χ0v) is 12.1. The van der Waals surface area contributed by atoms with Gasteiger partial charge in [0.1, 0.15) is 5.75 Å². The summed E-state index contributed by atoms with van der Waals surface area (Å²) in [6.07, 6.45) is 1.11. The van der Waals surface area contributed by atoms with Gasteiger partial charge in [0.25, 0.3) is 0 Å². The van der Waals surface area contributed by atoms with Crippen LogP contribution in [0.15, 0.2) is 23.2 Å². The van der Waals surface area contributed by atoms with E-state index < -0.39 is 0 Å². The van der Waals surface area contributed by atoms with Crippen molar-refractivity contribution in [2.75, 3.05) is 25.4 Å². The maximum Gasteiger partial charge on any atom is 0.156 e. The van der Waals surface area contributed by atoms with Crippen molar-refractivity contribution >= 4 is 40.1 Å². The number of thioether (sulfide) groups is 1. The molecule has 0 bridgehead atoms. The highest BCUT2D eigenvalue weighted by Gasteiger charge is 2.05. The molecule has 1 heterocycles. The van der Waals surface area contributed by atoms with E-state index >= 15 is 0 Å². The van der Waals surface area contributed by atoms with Gasteiger partial charge in [-0.3, -0.25) is 4.99 Å². The second-order valence-electron chi connectivity index (χ2n) is 3.74. The summed E-state index contributed by atoms with van der Waals surface area (Å²) in [5.74, 6) is 1.50. The summed E-state index contributed by atoms with van der Waals surface area (Å²) in [6.45, 7) is 2.52. The third-order valence-corrected chi connectivity index (χ3v) is 3.79. The fourth-order valence-electron chi connectivity index (χ4n) is 1.49. The zero-order chi connectivity index (χ0) is 12.8. The molecule has 2 rings (SSSR count). The SMILES string of the molecule is Clc1ccc(OCCSC2=NCCCN2)c(Cl)c1. The lowest BCUT2D eigenvalue weighted by Gasteiger charge is -2.14. The normalized spacial score (nSPS) is 14.9. The van der Waals surface area contributed by atoms with E-state index in [1.807, 2.05) is 0 Å². The highest BCUT2D eigenvalue weighted by Crippen LogP contribution is 2.27. The van der Waals surface area contributed by atoms with Crippen LogP contribution in [0.4, 0.5) is 0 Å². The number of benzene rings is 1. The van der Waals surface area contributed by atoms with Crippen molar-refractivity contribution in [3.63, 3.8) is 0 Å². The second kappa shape index (κ2) is 7.12. The minimum Gasteiger partial charge on any atom is -0.491 e. The Balaban J connectivity index is 1.73. The first-order chi connectivity index (χ1) is 8.75. The molecule has 1 aromatic carbocycles. The van der Waals surface area contributed by atoms with Crippen molar-refractivity contribution in [1.29, 1.82) is 0 Å². The van der Waals surface area contributed by atoms with E-state index in [2.05, 4.69) is 10.3 Å². The molecule has 1 aliphatic heterocycles. The van der Waals surface area contributed by atoms with E-state index in [0.717, 1.165) is 30.4 Å². The molecule has 98 valence electrons. The molecule has 1 aliphatic rings. The largest absolute Gasteiger partial charge is 0.491 e. The van der Waals surface area contributed by atoms with Crippen molar-refractivity contribution in [2.45, 2.75) is 6.42 Å². The summed E-state index contributed by atoms with van der Waals surface area (Å²) >= 11 is 13.5. The minimum absolute atomic E-state index is 0.542. The highest BCUT2D eigenvalue weighted by molar-refractivity contribution is 8.13. The van der Waals surface area contributed by atoms with Gasteiger partial charge in [-0.2, -0.15) is 0 Å². The number of amidine groups is 1. The summed E-state index contributed by atoms with van der Waals surface area (Å²) < 4.78 is 5.59. The molecular weight excluding hydrogens is 291 g/mol. The fraction of sp³-hybridized carbons (Fsp3) is 0.417. The van der Waals surface area contributed by atoms with Crippen molar-refractivity contribution in [3.05, 3.63) is 28.2 Å². The van der Waals surface area contributed by atoms with Gasteiger partial charge in [-0.1, -0.05) is 35.0 Å². The summed E-state index contributed by atoms with van der Waals surface area (Å²) in [5, 5.41) is 5.41. The predicted octanol–water partition coefficient (Wildman–Crippen LogP) is 3.45. The summed E-state index contributed by atoms with van der Waals surface area (Å²) in [6, 6.07) is 5.23. The number of hydrogen-bond acceptors (Lipinski definition) is 4. The van der Waals surface area contributed by atoms with E-state index in [1.165, 1.54) is 0 Å². The number of nitrogens with one attached hydrogen (secondary N) is 1. The van der Waals surface area contributed by atoms with Gasteiger partial charge in [-0.05, 0) is 24.6 Å². The van der Waals surface area contributed by atoms with Gasteiger partial charge in [0.15, 0.2) is 5.17 Å². The molecule has 0 atom stereocenters. The molecule has 0 saturated heterocycles. The van der Waals surface area contributed by atoms with Crippen LogP contribution in [0.5, 0.6) is 5.75 Å². The Hall–Kier alpha value is -0.580. The number of rotatable bonds is 4. The lowest BCUT2D eigenvalue weighted by molar-refractivity contribution is 0.344. The first-order valence-electron chi connectivity index (χ1n) is 5.74. The van der Waals surface area contributed by atoms with Crippen LogP contribution in [0, 0.1) is 0 Å². The minimum atomic E-state index is 0.542. The number of nitrogens with zero attached hydrogens (tertiary/aromatic N) is 1. The van der Waals surface area contributed by atoms with Crippen LogP contribution in [-0.4, -0.2) is 30.6 Å². The van der Waals surface area contributed by atoms with Gasteiger partial charge in [0.2, 0.25) is 0 Å². The highest BCUT2D eigenvalue weighted by atomic mass is 35.5. The first kappa shape index (κ1) is 13.8. The third-order valence-electron chi connectivity index (χ3n) is 2.34. The van der Waals surface area contributed by atoms with E-state index in [0.29, 0.717) is 22.4 Å². The quantitative estimate of drug-likeness (QED) is 0.865. The van der Waals surface area contributed by atoms with Crippen molar-refractivity contribution < 1.29 is 4.74 Å². The van der Waals surface area contributed by atoms with E-state index in [4.69, 9.17) is 27.9 Å². The van der Waals surface area contributed by atoms with Gasteiger partial charge >= 0.3 is 0 Å². The Morgan fingerprint density at radius 3 is 3.00 bits per heavy atom. The van der Waals surface area contributed by atoms with Crippen molar-refractivity contribution in [1.82, 2.24) is 5.32 Å². The van der Waals surface area contributed by atoms with Gasteiger partial charge in [-0.25, -0.2) is 0 Å². The van der Waals surface area contributed by atoms with Crippen molar-refractivity contribution in [3.8, 4) is 5.75 Å². The maximum atomic E-state index is 6.00. The van der Waals surface area contributed by atoms with Crippen LogP contribution in [0.2, 0.25) is 10.0 Å². The molecule has 0 aliphatic carbocycles. The van der Waals surface area contributed by atoms with Gasteiger partial charge in [0, 0.05) is 23.9 Å². The average molecular weight is 305 g/mol. The van der Waals surface area contributed by atoms with Crippen LogP contribution in [0.25, 0.3) is 0 Å². The molecule has 0 amide bonds. The number of halogens is 2. The maximum absolute atomic E-state index is 6.00. The van der Waals surface area contributed by atoms with Gasteiger partial charge in [0.05, 0.1) is 11.6 Å². The number of ether oxygens (including phenoxy) is 1. The molecule has 1 N–H and O–H groups in total. The Morgan fingerprint density at radius 2 is 2.28 bits per heavy atom. The topological polar surface area (TPSA) is 33.6 Å². The van der Waals surface area contributed by atoms with Crippen LogP contribution in [0.1, 0.15) is 6.42 Å². The lowest BCUT2D eigenvalue weighted by atomic mass is 10.3. The first-order valence-corrected chi connectivity index (χ1v) is 7.49. The smallest absolute Gasteiger partial charge is 0.156 e. The molecule has 0 saturated carbocycles. The molecule has 0 spiro atoms. The molecule has 0 fully saturated rings. The van der Waals surface area contributed by atoms with E-state index in [9.17, 15) is 0 Å². The van der Waals surface area contributed by atoms with Crippen LogP contribution in [0.3, 0.4) is 0 Å². The Bertz CT molecular complexity index is 440. The van der Waals surface area contributed by atoms with Crippen LogP contribution < -0.4 is 10.1 Å². The van der Waals surface area contributed by atoms with E-state index in [-0.39, 0.29) is 0 Å². The molecule has 0 radical (unpaired) electrons. The Labute approximate surface area is 121 Å². The average Bonchev–Trinajstić information content (AvgIpc) is 2.38. The molecule has 0 aromatic heterocycles. The van der Waals surface area contributed by atoms with Gasteiger partial charge < -0.3 is 10.1 Å². The fourth-order valence-corrected chi connectivity index (χ4v) is 2.70. The van der Waals surface area contributed by atoms with E-state index in [1.54, 1.807) is 30.0 Å². The number of aliphatic imine (C=N–C) groups is 1. The molecular formula is C12H14Cl2N2OS. The van der Waals surface area contributed by atoms with Crippen molar-refractivity contribution in [2.24, 2.45) is 4.99 Å². The standard InChI is InChI=1S/C12H14Cl2N2OS/c13-9-2-3-11(10(14)8-9)17-6-7-18-12-15-4-1-5-16-12/h2-3,8H,1,4-7H2,(H,15,16). The number of hydrogen-bond donors (Lipinski definition) is 1. The predicted molar refractivity (Wildman–Crippen MR) is 79.3 cm³/mol. The molecule has 6 heteroatoms. The van der Waals surface area contributed by atoms with Gasteiger partial charge in [-0.15, -0.1) is 0 Å². The van der Waals surface area contributed by atoms with Crippen LogP contribution >= 0.6 is 35.0 Å². The second-order valence-corrected chi connectivity index (χ2v) is 5.67. The van der Waals surface area contributed by atoms with Crippen LogP contribution in [-0.2, 0) is 0 Å².